The van der Waals surface area contributed by atoms with E-state index >= 15 is 0 Å². The first-order chi connectivity index (χ1) is 6.22. The number of carbonyl (C=O) groups is 1. The SMILES string of the molecule is O=C(O)N1CCC2(C=CCC2)CC1. The van der Waals surface area contributed by atoms with E-state index in [2.05, 4.69) is 12.2 Å². The fraction of sp³-hybridized carbons (Fsp3) is 0.700. The third-order valence-corrected chi connectivity index (χ3v) is 3.31. The Morgan fingerprint density at radius 2 is 2.00 bits per heavy atom. The molecular formula is C10H15NO2. The van der Waals surface area contributed by atoms with Gasteiger partial charge in [-0.2, -0.15) is 0 Å². The molecule has 3 heteroatoms. The van der Waals surface area contributed by atoms with Crippen LogP contribution in [0.3, 0.4) is 0 Å². The van der Waals surface area contributed by atoms with Gasteiger partial charge in [-0.15, -0.1) is 0 Å². The van der Waals surface area contributed by atoms with E-state index in [1.54, 1.807) is 0 Å². The van der Waals surface area contributed by atoms with Gasteiger partial charge in [0, 0.05) is 13.1 Å². The minimum atomic E-state index is -0.767. The zero-order valence-electron chi connectivity index (χ0n) is 7.70. The van der Waals surface area contributed by atoms with E-state index in [4.69, 9.17) is 5.11 Å². The van der Waals surface area contributed by atoms with Crippen molar-refractivity contribution in [2.45, 2.75) is 25.7 Å². The number of carboxylic acid groups (broad SMARTS) is 1. The van der Waals surface area contributed by atoms with Crippen LogP contribution in [-0.4, -0.2) is 29.2 Å². The Balaban J connectivity index is 1.96. The van der Waals surface area contributed by atoms with Crippen LogP contribution in [0, 0.1) is 5.41 Å². The maximum absolute atomic E-state index is 10.7. The summed E-state index contributed by atoms with van der Waals surface area (Å²) in [6.07, 6.45) is 8.18. The summed E-state index contributed by atoms with van der Waals surface area (Å²) >= 11 is 0. The molecule has 1 spiro atoms. The molecule has 2 aliphatic rings. The Labute approximate surface area is 78.0 Å². The van der Waals surface area contributed by atoms with E-state index < -0.39 is 6.09 Å². The lowest BCUT2D eigenvalue weighted by Gasteiger charge is -2.37. The minimum Gasteiger partial charge on any atom is -0.465 e. The summed E-state index contributed by atoms with van der Waals surface area (Å²) in [5, 5.41) is 8.78. The third kappa shape index (κ3) is 1.55. The van der Waals surface area contributed by atoms with E-state index in [0.717, 1.165) is 12.8 Å². The van der Waals surface area contributed by atoms with Crippen LogP contribution >= 0.6 is 0 Å². The molecule has 1 N–H and O–H groups in total. The van der Waals surface area contributed by atoms with Crippen LogP contribution in [0.5, 0.6) is 0 Å². The smallest absolute Gasteiger partial charge is 0.407 e. The molecule has 0 saturated carbocycles. The van der Waals surface area contributed by atoms with Crippen molar-refractivity contribution in [2.24, 2.45) is 5.41 Å². The molecule has 1 aliphatic carbocycles. The molecule has 2 rings (SSSR count). The van der Waals surface area contributed by atoms with Gasteiger partial charge < -0.3 is 10.0 Å². The van der Waals surface area contributed by atoms with Crippen LogP contribution in [0.15, 0.2) is 12.2 Å². The van der Waals surface area contributed by atoms with Crippen LogP contribution in [0.25, 0.3) is 0 Å². The molecule has 72 valence electrons. The molecule has 1 heterocycles. The van der Waals surface area contributed by atoms with Gasteiger partial charge in [0.05, 0.1) is 0 Å². The van der Waals surface area contributed by atoms with Crippen LogP contribution in [-0.2, 0) is 0 Å². The van der Waals surface area contributed by atoms with Crippen LogP contribution in [0.1, 0.15) is 25.7 Å². The van der Waals surface area contributed by atoms with Crippen LogP contribution in [0.4, 0.5) is 4.79 Å². The summed E-state index contributed by atoms with van der Waals surface area (Å²) < 4.78 is 0. The molecule has 1 aliphatic heterocycles. The normalized spacial score (nSPS) is 25.4. The van der Waals surface area contributed by atoms with E-state index in [0.29, 0.717) is 18.5 Å². The Hall–Kier alpha value is -0.990. The predicted molar refractivity (Wildman–Crippen MR) is 49.6 cm³/mol. The summed E-state index contributed by atoms with van der Waals surface area (Å²) in [4.78, 5) is 12.2. The maximum Gasteiger partial charge on any atom is 0.407 e. The van der Waals surface area contributed by atoms with Crippen molar-refractivity contribution in [2.75, 3.05) is 13.1 Å². The number of rotatable bonds is 0. The highest BCUT2D eigenvalue weighted by Crippen LogP contribution is 2.41. The fourth-order valence-corrected chi connectivity index (χ4v) is 2.35. The largest absolute Gasteiger partial charge is 0.465 e. The second-order valence-electron chi connectivity index (χ2n) is 4.07. The number of piperidine rings is 1. The van der Waals surface area contributed by atoms with Crippen LogP contribution < -0.4 is 0 Å². The lowest BCUT2D eigenvalue weighted by molar-refractivity contribution is 0.108. The summed E-state index contributed by atoms with van der Waals surface area (Å²) in [5.74, 6) is 0. The van der Waals surface area contributed by atoms with Crippen molar-refractivity contribution in [1.29, 1.82) is 0 Å². The van der Waals surface area contributed by atoms with E-state index in [1.165, 1.54) is 17.7 Å². The lowest BCUT2D eigenvalue weighted by Crippen LogP contribution is -2.41. The lowest BCUT2D eigenvalue weighted by atomic mass is 9.78. The molecule has 3 nitrogen and oxygen atoms in total. The second kappa shape index (κ2) is 3.05. The number of allylic oxidation sites excluding steroid dienone is 2. The van der Waals surface area contributed by atoms with Crippen LogP contribution in [0.2, 0.25) is 0 Å². The van der Waals surface area contributed by atoms with Crippen molar-refractivity contribution < 1.29 is 9.90 Å². The maximum atomic E-state index is 10.7. The number of likely N-dealkylation sites (tertiary alicyclic amines) is 1. The first-order valence-electron chi connectivity index (χ1n) is 4.87. The van der Waals surface area contributed by atoms with Crippen molar-refractivity contribution in [3.05, 3.63) is 12.2 Å². The van der Waals surface area contributed by atoms with Gasteiger partial charge in [0.15, 0.2) is 0 Å². The van der Waals surface area contributed by atoms with Crippen molar-refractivity contribution in [3.8, 4) is 0 Å². The Morgan fingerprint density at radius 3 is 2.46 bits per heavy atom. The minimum absolute atomic E-state index is 0.353. The molecule has 0 radical (unpaired) electrons. The predicted octanol–water partition coefficient (Wildman–Crippen LogP) is 2.10. The first-order valence-corrected chi connectivity index (χ1v) is 4.87. The number of hydrogen-bond acceptors (Lipinski definition) is 1. The first kappa shape index (κ1) is 8.60. The molecule has 0 aromatic carbocycles. The molecule has 1 amide bonds. The zero-order chi connectivity index (χ0) is 9.31. The van der Waals surface area contributed by atoms with Gasteiger partial charge in [-0.05, 0) is 31.1 Å². The molecule has 0 atom stereocenters. The van der Waals surface area contributed by atoms with Crippen molar-refractivity contribution in [3.63, 3.8) is 0 Å². The van der Waals surface area contributed by atoms with Crippen molar-refractivity contribution >= 4 is 6.09 Å². The highest BCUT2D eigenvalue weighted by molar-refractivity contribution is 5.65. The molecule has 13 heavy (non-hydrogen) atoms. The quantitative estimate of drug-likeness (QED) is 0.581. The summed E-state index contributed by atoms with van der Waals surface area (Å²) in [6, 6.07) is 0. The molecule has 0 bridgehead atoms. The molecule has 1 saturated heterocycles. The summed E-state index contributed by atoms with van der Waals surface area (Å²) in [5.41, 5.74) is 0.353. The number of nitrogens with zero attached hydrogens (tertiary/aromatic N) is 1. The number of hydrogen-bond donors (Lipinski definition) is 1. The van der Waals surface area contributed by atoms with E-state index in [9.17, 15) is 4.79 Å². The van der Waals surface area contributed by atoms with Gasteiger partial charge >= 0.3 is 6.09 Å². The van der Waals surface area contributed by atoms with Gasteiger partial charge in [0.25, 0.3) is 0 Å². The fourth-order valence-electron chi connectivity index (χ4n) is 2.35. The summed E-state index contributed by atoms with van der Waals surface area (Å²) in [7, 11) is 0. The molecule has 0 aromatic heterocycles. The monoisotopic (exact) mass is 181 g/mol. The average molecular weight is 181 g/mol. The van der Waals surface area contributed by atoms with Gasteiger partial charge in [-0.3, -0.25) is 0 Å². The second-order valence-corrected chi connectivity index (χ2v) is 4.07. The molecular weight excluding hydrogens is 166 g/mol. The van der Waals surface area contributed by atoms with Gasteiger partial charge in [0.2, 0.25) is 0 Å². The standard InChI is InChI=1S/C10H15NO2/c12-9(13)11-7-5-10(6-8-11)3-1-2-4-10/h1,3H,2,4-8H2,(H,12,13). The van der Waals surface area contributed by atoms with E-state index in [-0.39, 0.29) is 0 Å². The Kier molecular flexibility index (Phi) is 2.02. The Morgan fingerprint density at radius 1 is 1.31 bits per heavy atom. The highest BCUT2D eigenvalue weighted by Gasteiger charge is 2.34. The summed E-state index contributed by atoms with van der Waals surface area (Å²) in [6.45, 7) is 1.42. The average Bonchev–Trinajstić information content (AvgIpc) is 2.54. The van der Waals surface area contributed by atoms with Crippen molar-refractivity contribution in [1.82, 2.24) is 4.90 Å². The van der Waals surface area contributed by atoms with Gasteiger partial charge in [0.1, 0.15) is 0 Å². The van der Waals surface area contributed by atoms with Gasteiger partial charge in [-0.1, -0.05) is 12.2 Å². The highest BCUT2D eigenvalue weighted by atomic mass is 16.4. The van der Waals surface area contributed by atoms with Gasteiger partial charge in [-0.25, -0.2) is 4.79 Å². The Bertz CT molecular complexity index is 239. The topological polar surface area (TPSA) is 40.5 Å². The third-order valence-electron chi connectivity index (χ3n) is 3.31. The molecule has 0 aromatic rings. The number of amides is 1. The molecule has 0 unspecified atom stereocenters. The van der Waals surface area contributed by atoms with E-state index in [1.807, 2.05) is 0 Å². The zero-order valence-corrected chi connectivity index (χ0v) is 7.70. The molecule has 1 fully saturated rings.